The summed E-state index contributed by atoms with van der Waals surface area (Å²) in [5, 5.41) is 3.34. The Hall–Kier alpha value is -1.52. The van der Waals surface area contributed by atoms with Gasteiger partial charge >= 0.3 is 6.03 Å². The first-order valence-electron chi connectivity index (χ1n) is 2.28. The number of H-pyrrole nitrogens is 1. The number of hydrogen-bond acceptors (Lipinski definition) is 2. The van der Waals surface area contributed by atoms with Crippen LogP contribution in [0.5, 0.6) is 0 Å². The second kappa shape index (κ2) is 2.17. The van der Waals surface area contributed by atoms with E-state index in [1.54, 1.807) is 0 Å². The van der Waals surface area contributed by atoms with E-state index >= 15 is 0 Å². The first-order valence-corrected chi connectivity index (χ1v) is 2.28. The van der Waals surface area contributed by atoms with Crippen LogP contribution in [-0.2, 0) is 0 Å². The number of urea groups is 1. The van der Waals surface area contributed by atoms with Crippen molar-refractivity contribution in [3.63, 3.8) is 0 Å². The van der Waals surface area contributed by atoms with Crippen LogP contribution in [0.25, 0.3) is 0 Å². The Morgan fingerprint density at radius 2 is 2.67 bits per heavy atom. The number of rotatable bonds is 1. The summed E-state index contributed by atoms with van der Waals surface area (Å²) in [6.07, 6.45) is 2.83. The molecule has 0 aliphatic heterocycles. The third-order valence-corrected chi connectivity index (χ3v) is 0.714. The van der Waals surface area contributed by atoms with E-state index in [1.165, 1.54) is 12.5 Å². The number of carbonyl (C=O) groups excluding carboxylic acids is 1. The van der Waals surface area contributed by atoms with Gasteiger partial charge in [-0.2, -0.15) is 5.32 Å². The predicted molar refractivity (Wildman–Crippen MR) is 30.0 cm³/mol. The highest BCUT2D eigenvalue weighted by Gasteiger charge is 1.96. The van der Waals surface area contributed by atoms with Gasteiger partial charge in [0.25, 0.3) is 0 Å². The fourth-order valence-electron chi connectivity index (χ4n) is 0.428. The lowest BCUT2D eigenvalue weighted by atomic mass is 10.7. The predicted octanol–water partition coefficient (Wildman–Crippen LogP) is -0.276. The zero-order chi connectivity index (χ0) is 6.69. The van der Waals surface area contributed by atoms with Crippen LogP contribution < -0.4 is 11.1 Å². The molecular weight excluding hydrogens is 120 g/mol. The van der Waals surface area contributed by atoms with Gasteiger partial charge in [0.05, 0.1) is 12.5 Å². The van der Waals surface area contributed by atoms with E-state index in [4.69, 9.17) is 5.73 Å². The number of aromatic nitrogens is 2. The van der Waals surface area contributed by atoms with E-state index in [9.17, 15) is 4.79 Å². The Morgan fingerprint density at radius 1 is 1.89 bits per heavy atom. The number of imidazole rings is 1. The van der Waals surface area contributed by atoms with Gasteiger partial charge in [-0.25, -0.2) is 9.78 Å². The van der Waals surface area contributed by atoms with Gasteiger partial charge in [0.15, 0.2) is 5.82 Å². The van der Waals surface area contributed by atoms with Crippen molar-refractivity contribution in [2.45, 2.75) is 0 Å². The SMILES string of the molecule is NC(=O)[N]c1cnc[nH]1. The maximum Gasteiger partial charge on any atom is 0.340 e. The molecule has 0 saturated carbocycles. The molecule has 0 aliphatic carbocycles. The highest BCUT2D eigenvalue weighted by atomic mass is 16.2. The Balaban J connectivity index is 2.58. The first kappa shape index (κ1) is 5.61. The summed E-state index contributed by atoms with van der Waals surface area (Å²) in [7, 11) is 0. The summed E-state index contributed by atoms with van der Waals surface area (Å²) in [4.78, 5) is 16.3. The summed E-state index contributed by atoms with van der Waals surface area (Å²) in [6.45, 7) is 0. The quantitative estimate of drug-likeness (QED) is 0.541. The van der Waals surface area contributed by atoms with E-state index in [1.807, 2.05) is 0 Å². The molecule has 5 nitrogen and oxygen atoms in total. The molecule has 1 rings (SSSR count). The number of hydrogen-bond donors (Lipinski definition) is 2. The lowest BCUT2D eigenvalue weighted by Gasteiger charge is -1.87. The average Bonchev–Trinajstić information content (AvgIpc) is 2.15. The van der Waals surface area contributed by atoms with Crippen molar-refractivity contribution < 1.29 is 4.79 Å². The number of nitrogens with two attached hydrogens (primary N) is 1. The highest BCUT2D eigenvalue weighted by molar-refractivity contribution is 5.75. The molecule has 1 aromatic rings. The molecule has 0 unspecified atom stereocenters. The summed E-state index contributed by atoms with van der Waals surface area (Å²) >= 11 is 0. The maximum absolute atomic E-state index is 10.1. The molecule has 9 heavy (non-hydrogen) atoms. The molecule has 0 aliphatic rings. The van der Waals surface area contributed by atoms with Gasteiger partial charge in [0.1, 0.15) is 0 Å². The second-order valence-corrected chi connectivity index (χ2v) is 1.39. The van der Waals surface area contributed by atoms with E-state index in [0.29, 0.717) is 5.82 Å². The molecular formula is C4H5N4O. The lowest BCUT2D eigenvalue weighted by molar-refractivity contribution is 0.251. The molecule has 0 bridgehead atoms. The van der Waals surface area contributed by atoms with Crippen LogP contribution >= 0.6 is 0 Å². The molecule has 1 heterocycles. The smallest absolute Gasteiger partial charge is 0.340 e. The van der Waals surface area contributed by atoms with Crippen LogP contribution in [0.2, 0.25) is 0 Å². The second-order valence-electron chi connectivity index (χ2n) is 1.39. The summed E-state index contributed by atoms with van der Waals surface area (Å²) < 4.78 is 0. The van der Waals surface area contributed by atoms with Gasteiger partial charge in [-0.15, -0.1) is 0 Å². The van der Waals surface area contributed by atoms with Gasteiger partial charge < -0.3 is 10.7 Å². The molecule has 1 aromatic heterocycles. The van der Waals surface area contributed by atoms with Crippen LogP contribution in [0.4, 0.5) is 10.6 Å². The van der Waals surface area contributed by atoms with Crippen LogP contribution in [0.15, 0.2) is 12.5 Å². The number of carbonyl (C=O) groups is 1. The maximum atomic E-state index is 10.1. The van der Waals surface area contributed by atoms with Gasteiger partial charge in [0.2, 0.25) is 0 Å². The van der Waals surface area contributed by atoms with Crippen molar-refractivity contribution in [1.29, 1.82) is 0 Å². The normalized spacial score (nSPS) is 8.89. The molecule has 0 aromatic carbocycles. The molecule has 1 radical (unpaired) electrons. The van der Waals surface area contributed by atoms with Crippen molar-refractivity contribution >= 4 is 11.8 Å². The minimum absolute atomic E-state index is 0.377. The minimum atomic E-state index is -0.723. The third-order valence-electron chi connectivity index (χ3n) is 0.714. The Labute approximate surface area is 51.3 Å². The monoisotopic (exact) mass is 125 g/mol. The minimum Gasteiger partial charge on any atom is -0.350 e. The van der Waals surface area contributed by atoms with Crippen molar-refractivity contribution in [3.8, 4) is 0 Å². The van der Waals surface area contributed by atoms with Gasteiger partial charge in [-0.05, 0) is 0 Å². The van der Waals surface area contributed by atoms with Crippen LogP contribution in [0, 0.1) is 0 Å². The zero-order valence-corrected chi connectivity index (χ0v) is 4.53. The van der Waals surface area contributed by atoms with Gasteiger partial charge in [0, 0.05) is 0 Å². The summed E-state index contributed by atoms with van der Waals surface area (Å²) in [6, 6.07) is -0.723. The third kappa shape index (κ3) is 1.45. The Kier molecular flexibility index (Phi) is 1.35. The molecule has 2 amide bonds. The standard InChI is InChI=1S/C4H5N4O/c5-4(9)8-3-1-6-2-7-3/h1-2H,(H2,5,9)(H,6,7). The van der Waals surface area contributed by atoms with Gasteiger partial charge in [-0.3, -0.25) is 0 Å². The van der Waals surface area contributed by atoms with Crippen LogP contribution in [0.3, 0.4) is 0 Å². The molecule has 0 saturated heterocycles. The van der Waals surface area contributed by atoms with Crippen molar-refractivity contribution in [1.82, 2.24) is 15.3 Å². The number of primary amides is 1. The molecule has 47 valence electrons. The van der Waals surface area contributed by atoms with E-state index < -0.39 is 6.03 Å². The number of amides is 2. The first-order chi connectivity index (χ1) is 4.29. The van der Waals surface area contributed by atoms with Crippen LogP contribution in [0.1, 0.15) is 0 Å². The number of nitrogens with zero attached hydrogens (tertiary/aromatic N) is 2. The molecule has 3 N–H and O–H groups in total. The van der Waals surface area contributed by atoms with Crippen molar-refractivity contribution in [2.75, 3.05) is 0 Å². The summed E-state index contributed by atoms with van der Waals surface area (Å²) in [5.41, 5.74) is 4.73. The van der Waals surface area contributed by atoms with E-state index in [2.05, 4.69) is 15.3 Å². The lowest BCUT2D eigenvalue weighted by Crippen LogP contribution is -2.18. The fourth-order valence-corrected chi connectivity index (χ4v) is 0.428. The van der Waals surface area contributed by atoms with Crippen molar-refractivity contribution in [3.05, 3.63) is 12.5 Å². The summed E-state index contributed by atoms with van der Waals surface area (Å²) in [5.74, 6) is 0.377. The average molecular weight is 125 g/mol. The van der Waals surface area contributed by atoms with E-state index in [0.717, 1.165) is 0 Å². The van der Waals surface area contributed by atoms with E-state index in [-0.39, 0.29) is 0 Å². The fraction of sp³-hybridized carbons (Fsp3) is 0. The van der Waals surface area contributed by atoms with Crippen molar-refractivity contribution in [2.24, 2.45) is 5.73 Å². The largest absolute Gasteiger partial charge is 0.350 e. The zero-order valence-electron chi connectivity index (χ0n) is 4.53. The highest BCUT2D eigenvalue weighted by Crippen LogP contribution is 1.95. The Morgan fingerprint density at radius 3 is 3.11 bits per heavy atom. The van der Waals surface area contributed by atoms with Gasteiger partial charge in [-0.1, -0.05) is 0 Å². The molecule has 0 fully saturated rings. The topological polar surface area (TPSA) is 85.9 Å². The molecule has 5 heteroatoms. The number of aromatic amines is 1. The Bertz CT molecular complexity index is 192. The molecule has 0 spiro atoms. The number of nitrogens with one attached hydrogen (secondary N) is 1. The molecule has 0 atom stereocenters. The van der Waals surface area contributed by atoms with Crippen LogP contribution in [-0.4, -0.2) is 16.0 Å².